The van der Waals surface area contributed by atoms with Crippen LogP contribution in [0.3, 0.4) is 0 Å². The summed E-state index contributed by atoms with van der Waals surface area (Å²) in [7, 11) is 0. The number of anilines is 1. The highest BCUT2D eigenvalue weighted by Gasteiger charge is 2.29. The summed E-state index contributed by atoms with van der Waals surface area (Å²) in [4.78, 5) is 8.93. The van der Waals surface area contributed by atoms with Crippen LogP contribution in [0.25, 0.3) is 11.4 Å². The van der Waals surface area contributed by atoms with Crippen molar-refractivity contribution in [2.75, 3.05) is 5.73 Å². The van der Waals surface area contributed by atoms with Crippen LogP contribution in [0.5, 0.6) is 0 Å². The molecule has 1 aliphatic carbocycles. The fourth-order valence-electron chi connectivity index (χ4n) is 1.84. The van der Waals surface area contributed by atoms with Gasteiger partial charge in [-0.25, -0.2) is 9.97 Å². The first-order chi connectivity index (χ1) is 8.65. The molecule has 2 aromatic rings. The van der Waals surface area contributed by atoms with Gasteiger partial charge >= 0.3 is 0 Å². The lowest BCUT2D eigenvalue weighted by atomic mass is 10.2. The highest BCUT2D eigenvalue weighted by atomic mass is 79.9. The summed E-state index contributed by atoms with van der Waals surface area (Å²) in [5.41, 5.74) is 7.88. The van der Waals surface area contributed by atoms with E-state index in [2.05, 4.69) is 25.9 Å². The second-order valence-corrected chi connectivity index (χ2v) is 5.64. The minimum Gasteiger partial charge on any atom is -0.383 e. The van der Waals surface area contributed by atoms with Crippen LogP contribution in [0, 0.1) is 0 Å². The third-order valence-electron chi connectivity index (χ3n) is 2.97. The van der Waals surface area contributed by atoms with Crippen molar-refractivity contribution < 1.29 is 0 Å². The Morgan fingerprint density at radius 3 is 2.44 bits per heavy atom. The van der Waals surface area contributed by atoms with Crippen molar-refractivity contribution in [3.8, 4) is 11.4 Å². The van der Waals surface area contributed by atoms with Crippen LogP contribution in [-0.4, -0.2) is 9.97 Å². The fraction of sp³-hybridized carbons (Fsp3) is 0.231. The van der Waals surface area contributed by atoms with Crippen LogP contribution in [0.4, 0.5) is 5.82 Å². The van der Waals surface area contributed by atoms with Gasteiger partial charge in [-0.1, -0.05) is 11.6 Å². The van der Waals surface area contributed by atoms with Crippen LogP contribution >= 0.6 is 27.5 Å². The molecule has 1 fully saturated rings. The number of hydrogen-bond acceptors (Lipinski definition) is 3. The van der Waals surface area contributed by atoms with Crippen molar-refractivity contribution in [2.24, 2.45) is 0 Å². The molecule has 1 heterocycles. The Labute approximate surface area is 119 Å². The number of benzene rings is 1. The third-order valence-corrected chi connectivity index (χ3v) is 4.03. The van der Waals surface area contributed by atoms with Crippen molar-refractivity contribution in [1.82, 2.24) is 9.97 Å². The van der Waals surface area contributed by atoms with Crippen molar-refractivity contribution in [3.63, 3.8) is 0 Å². The van der Waals surface area contributed by atoms with Gasteiger partial charge in [0, 0.05) is 16.5 Å². The SMILES string of the molecule is Nc1nc(-c2ccc(Cl)cc2)nc(C2CC2)c1Br. The molecular formula is C13H11BrClN3. The maximum Gasteiger partial charge on any atom is 0.161 e. The third kappa shape index (κ3) is 2.22. The van der Waals surface area contributed by atoms with E-state index in [-0.39, 0.29) is 0 Å². The van der Waals surface area contributed by atoms with Gasteiger partial charge in [-0.15, -0.1) is 0 Å². The molecule has 1 aliphatic rings. The highest BCUT2D eigenvalue weighted by Crippen LogP contribution is 2.43. The lowest BCUT2D eigenvalue weighted by Gasteiger charge is -2.08. The molecule has 0 radical (unpaired) electrons. The molecule has 0 aliphatic heterocycles. The van der Waals surface area contributed by atoms with E-state index in [0.717, 1.165) is 15.7 Å². The Bertz CT molecular complexity index is 594. The fourth-order valence-corrected chi connectivity index (χ4v) is 2.46. The van der Waals surface area contributed by atoms with E-state index >= 15 is 0 Å². The van der Waals surface area contributed by atoms with Gasteiger partial charge in [-0.3, -0.25) is 0 Å². The van der Waals surface area contributed by atoms with Crippen LogP contribution in [0.2, 0.25) is 5.02 Å². The average molecular weight is 325 g/mol. The van der Waals surface area contributed by atoms with Gasteiger partial charge in [-0.05, 0) is 53.0 Å². The first-order valence-electron chi connectivity index (χ1n) is 5.74. The first-order valence-corrected chi connectivity index (χ1v) is 6.91. The second kappa shape index (κ2) is 4.52. The van der Waals surface area contributed by atoms with Crippen LogP contribution < -0.4 is 5.73 Å². The molecule has 0 amide bonds. The summed E-state index contributed by atoms with van der Waals surface area (Å²) in [6.07, 6.45) is 2.35. The second-order valence-electron chi connectivity index (χ2n) is 4.41. The summed E-state index contributed by atoms with van der Waals surface area (Å²) >= 11 is 9.34. The first kappa shape index (κ1) is 11.9. The zero-order chi connectivity index (χ0) is 12.7. The summed E-state index contributed by atoms with van der Waals surface area (Å²) in [6.45, 7) is 0. The zero-order valence-corrected chi connectivity index (χ0v) is 11.9. The molecule has 0 atom stereocenters. The molecule has 92 valence electrons. The van der Waals surface area contributed by atoms with Crippen molar-refractivity contribution in [3.05, 3.63) is 39.5 Å². The maximum absolute atomic E-state index is 5.93. The van der Waals surface area contributed by atoms with Crippen LogP contribution in [0.15, 0.2) is 28.7 Å². The lowest BCUT2D eigenvalue weighted by molar-refractivity contribution is 0.984. The number of nitrogen functional groups attached to an aromatic ring is 1. The molecule has 0 unspecified atom stereocenters. The van der Waals surface area contributed by atoms with Gasteiger partial charge in [0.1, 0.15) is 5.82 Å². The van der Waals surface area contributed by atoms with E-state index in [9.17, 15) is 0 Å². The molecule has 5 heteroatoms. The minimum absolute atomic E-state index is 0.497. The highest BCUT2D eigenvalue weighted by molar-refractivity contribution is 9.10. The maximum atomic E-state index is 5.93. The van der Waals surface area contributed by atoms with Crippen LogP contribution in [0.1, 0.15) is 24.5 Å². The van der Waals surface area contributed by atoms with Crippen molar-refractivity contribution in [2.45, 2.75) is 18.8 Å². The summed E-state index contributed by atoms with van der Waals surface area (Å²) < 4.78 is 0.836. The Hall–Kier alpha value is -1.13. The molecule has 3 nitrogen and oxygen atoms in total. The number of nitrogens with two attached hydrogens (primary N) is 1. The predicted octanol–water partition coefficient (Wildman–Crippen LogP) is 4.02. The van der Waals surface area contributed by atoms with E-state index in [1.54, 1.807) is 0 Å². The van der Waals surface area contributed by atoms with E-state index in [1.165, 1.54) is 12.8 Å². The van der Waals surface area contributed by atoms with E-state index in [4.69, 9.17) is 17.3 Å². The largest absolute Gasteiger partial charge is 0.383 e. The smallest absolute Gasteiger partial charge is 0.161 e. The normalized spacial score (nSPS) is 14.8. The monoisotopic (exact) mass is 323 g/mol. The summed E-state index contributed by atoms with van der Waals surface area (Å²) in [5.74, 6) is 1.68. The number of aromatic nitrogens is 2. The number of rotatable bonds is 2. The molecule has 1 saturated carbocycles. The van der Waals surface area contributed by atoms with Crippen molar-refractivity contribution >= 4 is 33.3 Å². The molecule has 18 heavy (non-hydrogen) atoms. The van der Waals surface area contributed by atoms with E-state index in [0.29, 0.717) is 22.6 Å². The average Bonchev–Trinajstić information content (AvgIpc) is 3.18. The summed E-state index contributed by atoms with van der Waals surface area (Å²) in [5, 5.41) is 0.700. The summed E-state index contributed by atoms with van der Waals surface area (Å²) in [6, 6.07) is 7.47. The Morgan fingerprint density at radius 1 is 1.17 bits per heavy atom. The predicted molar refractivity (Wildman–Crippen MR) is 76.6 cm³/mol. The van der Waals surface area contributed by atoms with E-state index < -0.39 is 0 Å². The molecule has 3 rings (SSSR count). The Balaban J connectivity index is 2.09. The Kier molecular flexibility index (Phi) is 2.99. The molecule has 0 bridgehead atoms. The number of nitrogens with zero attached hydrogens (tertiary/aromatic N) is 2. The molecular weight excluding hydrogens is 314 g/mol. The van der Waals surface area contributed by atoms with Crippen molar-refractivity contribution in [1.29, 1.82) is 0 Å². The van der Waals surface area contributed by atoms with Gasteiger partial charge in [0.05, 0.1) is 10.2 Å². The molecule has 1 aromatic heterocycles. The molecule has 0 spiro atoms. The molecule has 0 saturated heterocycles. The zero-order valence-electron chi connectivity index (χ0n) is 9.53. The van der Waals surface area contributed by atoms with E-state index in [1.807, 2.05) is 24.3 Å². The Morgan fingerprint density at radius 2 is 1.83 bits per heavy atom. The number of halogens is 2. The van der Waals surface area contributed by atoms with Gasteiger partial charge in [0.25, 0.3) is 0 Å². The molecule has 2 N–H and O–H groups in total. The van der Waals surface area contributed by atoms with Gasteiger partial charge < -0.3 is 5.73 Å². The molecule has 1 aromatic carbocycles. The quantitative estimate of drug-likeness (QED) is 0.907. The standard InChI is InChI=1S/C13H11BrClN3/c14-10-11(7-1-2-7)17-13(18-12(10)16)8-3-5-9(15)6-4-8/h3-7H,1-2H2,(H2,16,17,18). The van der Waals surface area contributed by atoms with Gasteiger partial charge in [0.15, 0.2) is 5.82 Å². The minimum atomic E-state index is 0.497. The van der Waals surface area contributed by atoms with Crippen LogP contribution in [-0.2, 0) is 0 Å². The topological polar surface area (TPSA) is 51.8 Å². The van der Waals surface area contributed by atoms with Gasteiger partial charge in [-0.2, -0.15) is 0 Å². The number of hydrogen-bond donors (Lipinski definition) is 1. The lowest BCUT2D eigenvalue weighted by Crippen LogP contribution is -2.02. The van der Waals surface area contributed by atoms with Gasteiger partial charge in [0.2, 0.25) is 0 Å².